The summed E-state index contributed by atoms with van der Waals surface area (Å²) in [5.41, 5.74) is 9.93. The minimum Gasteiger partial charge on any atom is -0.508 e. The first-order valence-corrected chi connectivity index (χ1v) is 30.9. The predicted octanol–water partition coefficient (Wildman–Crippen LogP) is 9.35. The zero-order valence-electron chi connectivity index (χ0n) is 47.7. The summed E-state index contributed by atoms with van der Waals surface area (Å²) in [6.07, 6.45) is 9.48. The number of aryl methyl sites for hydroxylation is 1. The number of fused-ring (bicyclic) bond motifs is 6. The number of phenols is 1. The molecule has 4 N–H and O–H groups in total. The summed E-state index contributed by atoms with van der Waals surface area (Å²) in [5.74, 6) is 2.35. The molecule has 428 valence electrons. The highest BCUT2D eigenvalue weighted by molar-refractivity contribution is 7.13. The molecule has 7 aliphatic rings. The van der Waals surface area contributed by atoms with Crippen LogP contribution in [-0.2, 0) is 9.59 Å². The molecule has 6 fully saturated rings. The van der Waals surface area contributed by atoms with E-state index in [0.29, 0.717) is 42.3 Å². The van der Waals surface area contributed by atoms with Crippen LogP contribution in [0.15, 0.2) is 76.9 Å². The predicted molar refractivity (Wildman–Crippen MR) is 317 cm³/mol. The highest BCUT2D eigenvalue weighted by atomic mass is 32.1. The Morgan fingerprint density at radius 2 is 1.71 bits per heavy atom. The number of hydrogen-bond acceptors (Lipinski definition) is 16. The molecular formula is C64H75N11O6S. The quantitative estimate of drug-likeness (QED) is 0.0713. The number of hydrogen-bond donors (Lipinski definition) is 4. The number of phenolic OH excluding ortho intramolecular Hbond substituents is 1. The number of aromatic nitrogens is 5. The van der Waals surface area contributed by atoms with Crippen LogP contribution < -0.4 is 25.2 Å². The lowest BCUT2D eigenvalue weighted by Crippen LogP contribution is -2.51. The number of aliphatic hydroxyl groups excluding tert-OH is 1. The molecule has 1 saturated carbocycles. The average Bonchev–Trinajstić information content (AvgIpc) is 3.82. The van der Waals surface area contributed by atoms with Gasteiger partial charge in [0.1, 0.15) is 23.5 Å². The maximum Gasteiger partial charge on any atom is 0.318 e. The first kappa shape index (κ1) is 53.3. The fraction of sp³-hybridized carbons (Fsp3) is 0.516. The molecule has 18 heteroatoms. The molecule has 3 unspecified atom stereocenters. The van der Waals surface area contributed by atoms with Gasteiger partial charge in [0.2, 0.25) is 11.8 Å². The number of carbonyl (C=O) groups excluding carboxylic acids is 2. The van der Waals surface area contributed by atoms with Crippen LogP contribution in [-0.4, -0.2) is 140 Å². The normalized spacial score (nSPS) is 24.0. The van der Waals surface area contributed by atoms with Gasteiger partial charge in [-0.05, 0) is 129 Å². The van der Waals surface area contributed by atoms with Crippen molar-refractivity contribution in [2.45, 2.75) is 128 Å². The SMILES string of the molecule is Cc1ncsc1-c1ccc([C@H](C)NC(=O)[C@@H]2C[C@@H](O)CN2C(=O)[C@@H](c2cc(N3CC(CC4CCN(CC5(COc6nc(N7CC8CCC(C7)N8)c7cnc8c(c7n6)C(C)c6cccc7cc(O)cc-8c67)CC5)CC4)C3)no2)C(C)C)cc1. The minimum absolute atomic E-state index is 0.0343. The van der Waals surface area contributed by atoms with E-state index < -0.39 is 18.1 Å². The molecule has 7 atom stereocenters. The third kappa shape index (κ3) is 9.93. The standard InChI is InChI=1S/C64H75N11O6S/c1-35(2)54(62(79)75-31-47(77)24-51(75)61(78)67-37(4)41-9-11-42(12-10-41)59-38(5)66-34-82-59)52-25-53(71-81-52)73-27-40(28-73)21-39-15-19-72(20-16-39)32-64(17-18-64)33-80-63-69-58-50(60(70-63)74-29-44-13-14-45(30-74)68-44)26-65-57-49-23-46(76)22-43-7-6-8-48(56(43)49)36(3)55(57)58/h6-12,22-23,25-26,34-37,39-40,44-45,47,51,54,68,76-77H,13-21,24,27-33H2,1-5H3,(H,67,78)/t36?,37-,44?,45?,47+,51-,54+/m0/s1. The number of amides is 2. The number of carbonyl (C=O) groups is 2. The summed E-state index contributed by atoms with van der Waals surface area (Å²) in [6, 6.07) is 20.3. The summed E-state index contributed by atoms with van der Waals surface area (Å²) >= 11 is 1.60. The number of ether oxygens (including phenoxy) is 1. The molecule has 5 saturated heterocycles. The Bertz CT molecular complexity index is 3560. The smallest absolute Gasteiger partial charge is 0.318 e. The van der Waals surface area contributed by atoms with Gasteiger partial charge in [0.05, 0.1) is 51.4 Å². The molecule has 3 aromatic carbocycles. The van der Waals surface area contributed by atoms with Gasteiger partial charge in [0, 0.05) is 92.5 Å². The Labute approximate surface area is 482 Å². The number of aliphatic hydroxyl groups is 1. The van der Waals surface area contributed by atoms with Gasteiger partial charge in [0.15, 0.2) is 11.6 Å². The molecule has 14 rings (SSSR count). The molecule has 2 bridgehead atoms. The van der Waals surface area contributed by atoms with E-state index in [4.69, 9.17) is 24.2 Å². The number of nitrogens with one attached hydrogen (secondary N) is 2. The number of nitrogens with zero attached hydrogens (tertiary/aromatic N) is 9. The Hall–Kier alpha value is -6.73. The summed E-state index contributed by atoms with van der Waals surface area (Å²) in [6.45, 7) is 17.6. The van der Waals surface area contributed by atoms with Crippen LogP contribution in [0.5, 0.6) is 11.8 Å². The molecule has 0 spiro atoms. The lowest BCUT2D eigenvalue weighted by atomic mass is 9.79. The summed E-state index contributed by atoms with van der Waals surface area (Å²) in [7, 11) is 0. The van der Waals surface area contributed by atoms with Gasteiger partial charge in [-0.25, -0.2) is 4.98 Å². The zero-order chi connectivity index (χ0) is 56.1. The monoisotopic (exact) mass is 1130 g/mol. The Morgan fingerprint density at radius 1 is 0.927 bits per heavy atom. The van der Waals surface area contributed by atoms with Crippen molar-refractivity contribution in [3.63, 3.8) is 0 Å². The second-order valence-corrected chi connectivity index (χ2v) is 26.5. The van der Waals surface area contributed by atoms with Gasteiger partial charge in [-0.3, -0.25) is 14.6 Å². The Morgan fingerprint density at radius 3 is 2.44 bits per heavy atom. The molecular weight excluding hydrogens is 1050 g/mol. The van der Waals surface area contributed by atoms with Gasteiger partial charge in [-0.1, -0.05) is 68.4 Å². The minimum atomic E-state index is -0.802. The van der Waals surface area contributed by atoms with Crippen molar-refractivity contribution in [2.75, 3.05) is 68.8 Å². The lowest BCUT2D eigenvalue weighted by molar-refractivity contribution is -0.141. The van der Waals surface area contributed by atoms with Crippen molar-refractivity contribution < 1.29 is 29.1 Å². The van der Waals surface area contributed by atoms with Crippen LogP contribution in [0.3, 0.4) is 0 Å². The topological polar surface area (TPSA) is 198 Å². The van der Waals surface area contributed by atoms with Crippen molar-refractivity contribution in [1.82, 2.24) is 45.5 Å². The van der Waals surface area contributed by atoms with Gasteiger partial charge < -0.3 is 49.7 Å². The number of rotatable bonds is 16. The van der Waals surface area contributed by atoms with E-state index in [1.807, 2.05) is 81.9 Å². The summed E-state index contributed by atoms with van der Waals surface area (Å²) in [4.78, 5) is 58.4. The maximum atomic E-state index is 14.4. The number of aromatic hydroxyl groups is 1. The lowest BCUT2D eigenvalue weighted by Gasteiger charge is -2.42. The molecule has 17 nitrogen and oxygen atoms in total. The molecule has 2 aliphatic carbocycles. The van der Waals surface area contributed by atoms with Crippen molar-refractivity contribution in [3.05, 3.63) is 101 Å². The van der Waals surface area contributed by atoms with E-state index in [9.17, 15) is 19.8 Å². The number of thiazole rings is 1. The first-order valence-electron chi connectivity index (χ1n) is 30.0. The van der Waals surface area contributed by atoms with Gasteiger partial charge in [0.25, 0.3) is 0 Å². The van der Waals surface area contributed by atoms with Gasteiger partial charge in [-0.15, -0.1) is 11.3 Å². The molecule has 9 heterocycles. The molecule has 7 aromatic rings. The van der Waals surface area contributed by atoms with Crippen molar-refractivity contribution in [2.24, 2.45) is 23.2 Å². The van der Waals surface area contributed by atoms with Crippen LogP contribution in [0.4, 0.5) is 11.6 Å². The summed E-state index contributed by atoms with van der Waals surface area (Å²) < 4.78 is 12.8. The molecule has 4 aromatic heterocycles. The van der Waals surface area contributed by atoms with E-state index in [0.717, 1.165) is 130 Å². The van der Waals surface area contributed by atoms with E-state index in [2.05, 4.69) is 60.6 Å². The third-order valence-corrected chi connectivity index (χ3v) is 20.5. The van der Waals surface area contributed by atoms with E-state index in [1.165, 1.54) is 37.7 Å². The number of piperidine rings is 1. The van der Waals surface area contributed by atoms with Crippen molar-refractivity contribution in [1.29, 1.82) is 0 Å². The third-order valence-electron chi connectivity index (χ3n) is 19.5. The molecule has 5 aliphatic heterocycles. The van der Waals surface area contributed by atoms with E-state index >= 15 is 0 Å². The van der Waals surface area contributed by atoms with Crippen LogP contribution >= 0.6 is 11.3 Å². The number of β-amino-alcohol motifs (C(OH)–C–C–N with tert-alkyl or cyclic N) is 1. The van der Waals surface area contributed by atoms with E-state index in [-0.39, 0.29) is 53.8 Å². The fourth-order valence-electron chi connectivity index (χ4n) is 14.8. The van der Waals surface area contributed by atoms with Crippen LogP contribution in [0.25, 0.3) is 43.4 Å². The second kappa shape index (κ2) is 21.2. The number of benzene rings is 3. The van der Waals surface area contributed by atoms with Gasteiger partial charge in [-0.2, -0.15) is 9.97 Å². The molecule has 2 amide bonds. The first-order chi connectivity index (χ1) is 39.7. The number of piperazine rings is 1. The molecule has 0 radical (unpaired) electrons. The van der Waals surface area contributed by atoms with Crippen LogP contribution in [0.2, 0.25) is 0 Å². The van der Waals surface area contributed by atoms with Crippen LogP contribution in [0, 0.1) is 30.1 Å². The van der Waals surface area contributed by atoms with Crippen molar-refractivity contribution in [3.8, 4) is 33.5 Å². The number of likely N-dealkylation sites (tertiary alicyclic amines) is 2. The maximum absolute atomic E-state index is 14.4. The average molecular weight is 1130 g/mol. The fourth-order valence-corrected chi connectivity index (χ4v) is 15.6. The van der Waals surface area contributed by atoms with E-state index in [1.54, 1.807) is 16.2 Å². The van der Waals surface area contributed by atoms with Crippen LogP contribution in [0.1, 0.15) is 125 Å². The summed E-state index contributed by atoms with van der Waals surface area (Å²) in [5, 5.41) is 36.2. The Kier molecular flexibility index (Phi) is 13.8. The van der Waals surface area contributed by atoms with Gasteiger partial charge >= 0.3 is 6.01 Å². The number of pyridine rings is 1. The second-order valence-electron chi connectivity index (χ2n) is 25.7. The Balaban J connectivity index is 0.582. The van der Waals surface area contributed by atoms with Crippen molar-refractivity contribution >= 4 is 56.5 Å². The zero-order valence-corrected chi connectivity index (χ0v) is 48.5. The highest BCUT2D eigenvalue weighted by Gasteiger charge is 2.47. The largest absolute Gasteiger partial charge is 0.508 e. The molecule has 82 heavy (non-hydrogen) atoms. The number of anilines is 2. The highest BCUT2D eigenvalue weighted by Crippen LogP contribution is 2.50.